The van der Waals surface area contributed by atoms with Crippen molar-refractivity contribution in [2.75, 3.05) is 6.54 Å². The van der Waals surface area contributed by atoms with E-state index in [0.29, 0.717) is 6.07 Å². The molecule has 19 heavy (non-hydrogen) atoms. The quantitative estimate of drug-likeness (QED) is 0.848. The van der Waals surface area contributed by atoms with Crippen LogP contribution in [-0.4, -0.2) is 16.1 Å². The fraction of sp³-hybridized carbons (Fsp3) is 0.308. The van der Waals surface area contributed by atoms with Crippen LogP contribution >= 0.6 is 0 Å². The SMILES string of the molecule is Fc1cc(F)c(-n2cncc2C2CCCN2)cc1F. The number of nitrogens with zero attached hydrogens (tertiary/aromatic N) is 2. The van der Waals surface area contributed by atoms with E-state index in [2.05, 4.69) is 10.3 Å². The summed E-state index contributed by atoms with van der Waals surface area (Å²) in [5, 5.41) is 3.26. The maximum Gasteiger partial charge on any atom is 0.161 e. The predicted molar refractivity (Wildman–Crippen MR) is 63.4 cm³/mol. The molecule has 0 amide bonds. The van der Waals surface area contributed by atoms with Crippen LogP contribution in [-0.2, 0) is 0 Å². The Bertz CT molecular complexity index is 603. The van der Waals surface area contributed by atoms with Crippen LogP contribution < -0.4 is 5.32 Å². The first-order valence-electron chi connectivity index (χ1n) is 6.07. The molecule has 1 saturated heterocycles. The molecule has 1 aliphatic rings. The lowest BCUT2D eigenvalue weighted by molar-refractivity contribution is 0.491. The number of hydrogen-bond donors (Lipinski definition) is 1. The fourth-order valence-electron chi connectivity index (χ4n) is 2.40. The molecule has 1 unspecified atom stereocenters. The van der Waals surface area contributed by atoms with Gasteiger partial charge in [-0.25, -0.2) is 18.2 Å². The van der Waals surface area contributed by atoms with E-state index in [-0.39, 0.29) is 11.7 Å². The van der Waals surface area contributed by atoms with Gasteiger partial charge in [-0.3, -0.25) is 4.57 Å². The van der Waals surface area contributed by atoms with Crippen molar-refractivity contribution in [1.82, 2.24) is 14.9 Å². The maximum absolute atomic E-state index is 13.8. The molecule has 1 aliphatic heterocycles. The molecule has 100 valence electrons. The van der Waals surface area contributed by atoms with E-state index in [1.807, 2.05) is 0 Å². The number of benzene rings is 1. The second-order valence-corrected chi connectivity index (χ2v) is 4.56. The lowest BCUT2D eigenvalue weighted by Crippen LogP contribution is -2.16. The van der Waals surface area contributed by atoms with Crippen molar-refractivity contribution >= 4 is 0 Å². The van der Waals surface area contributed by atoms with Crippen molar-refractivity contribution < 1.29 is 13.2 Å². The monoisotopic (exact) mass is 267 g/mol. The van der Waals surface area contributed by atoms with Gasteiger partial charge in [0, 0.05) is 18.2 Å². The third-order valence-electron chi connectivity index (χ3n) is 3.33. The summed E-state index contributed by atoms with van der Waals surface area (Å²) in [7, 11) is 0. The number of nitrogens with one attached hydrogen (secondary N) is 1. The molecule has 0 spiro atoms. The van der Waals surface area contributed by atoms with Crippen molar-refractivity contribution in [1.29, 1.82) is 0 Å². The molecule has 3 rings (SSSR count). The zero-order valence-electron chi connectivity index (χ0n) is 10.0. The Morgan fingerprint density at radius 3 is 2.68 bits per heavy atom. The lowest BCUT2D eigenvalue weighted by atomic mass is 10.1. The smallest absolute Gasteiger partial charge is 0.161 e. The van der Waals surface area contributed by atoms with Crippen molar-refractivity contribution in [3.63, 3.8) is 0 Å². The summed E-state index contributed by atoms with van der Waals surface area (Å²) in [6.07, 6.45) is 4.96. The number of aromatic nitrogens is 2. The number of imidazole rings is 1. The highest BCUT2D eigenvalue weighted by Crippen LogP contribution is 2.26. The Kier molecular flexibility index (Phi) is 3.02. The molecule has 0 aliphatic carbocycles. The summed E-state index contributed by atoms with van der Waals surface area (Å²) in [6, 6.07) is 1.47. The third kappa shape index (κ3) is 2.12. The van der Waals surface area contributed by atoms with E-state index >= 15 is 0 Å². The highest BCUT2D eigenvalue weighted by Gasteiger charge is 2.22. The van der Waals surface area contributed by atoms with Crippen LogP contribution in [0.3, 0.4) is 0 Å². The molecule has 2 heterocycles. The van der Waals surface area contributed by atoms with E-state index in [0.717, 1.165) is 31.1 Å². The summed E-state index contributed by atoms with van der Waals surface area (Å²) < 4.78 is 41.5. The van der Waals surface area contributed by atoms with Gasteiger partial charge in [0.25, 0.3) is 0 Å². The maximum atomic E-state index is 13.8. The summed E-state index contributed by atoms with van der Waals surface area (Å²) in [5.41, 5.74) is 0.725. The van der Waals surface area contributed by atoms with E-state index in [4.69, 9.17) is 0 Å². The van der Waals surface area contributed by atoms with Crippen LogP contribution in [0.2, 0.25) is 0 Å². The first kappa shape index (κ1) is 12.2. The Labute approximate surface area is 108 Å². The topological polar surface area (TPSA) is 29.9 Å². The van der Waals surface area contributed by atoms with E-state index in [9.17, 15) is 13.2 Å². The minimum absolute atomic E-state index is 0.0277. The summed E-state index contributed by atoms with van der Waals surface area (Å²) in [5.74, 6) is -3.08. The molecular weight excluding hydrogens is 255 g/mol. The van der Waals surface area contributed by atoms with Crippen molar-refractivity contribution in [2.45, 2.75) is 18.9 Å². The van der Waals surface area contributed by atoms with Crippen molar-refractivity contribution in [3.8, 4) is 5.69 Å². The van der Waals surface area contributed by atoms with Crippen LogP contribution in [0, 0.1) is 17.5 Å². The fourth-order valence-corrected chi connectivity index (χ4v) is 2.40. The Morgan fingerprint density at radius 2 is 1.95 bits per heavy atom. The largest absolute Gasteiger partial charge is 0.309 e. The zero-order chi connectivity index (χ0) is 13.4. The van der Waals surface area contributed by atoms with Crippen LogP contribution in [0.15, 0.2) is 24.7 Å². The highest BCUT2D eigenvalue weighted by atomic mass is 19.2. The average Bonchev–Trinajstić information content (AvgIpc) is 3.03. The van der Waals surface area contributed by atoms with E-state index in [1.54, 1.807) is 6.20 Å². The molecule has 0 bridgehead atoms. The van der Waals surface area contributed by atoms with Crippen LogP contribution in [0.25, 0.3) is 5.69 Å². The summed E-state index contributed by atoms with van der Waals surface area (Å²) in [6.45, 7) is 0.885. The molecule has 1 fully saturated rings. The zero-order valence-corrected chi connectivity index (χ0v) is 10.0. The van der Waals surface area contributed by atoms with Gasteiger partial charge in [-0.05, 0) is 19.4 Å². The number of halogens is 3. The van der Waals surface area contributed by atoms with Gasteiger partial charge >= 0.3 is 0 Å². The first-order valence-corrected chi connectivity index (χ1v) is 6.07. The Morgan fingerprint density at radius 1 is 1.16 bits per heavy atom. The third-order valence-corrected chi connectivity index (χ3v) is 3.33. The average molecular weight is 267 g/mol. The number of rotatable bonds is 2. The molecule has 6 heteroatoms. The normalized spacial score (nSPS) is 19.0. The second kappa shape index (κ2) is 4.70. The molecule has 0 saturated carbocycles. The molecule has 1 aromatic heterocycles. The molecule has 3 nitrogen and oxygen atoms in total. The van der Waals surface area contributed by atoms with Gasteiger partial charge in [0.2, 0.25) is 0 Å². The second-order valence-electron chi connectivity index (χ2n) is 4.56. The van der Waals surface area contributed by atoms with Gasteiger partial charge in [0.15, 0.2) is 11.6 Å². The summed E-state index contributed by atoms with van der Waals surface area (Å²) >= 11 is 0. The van der Waals surface area contributed by atoms with Crippen LogP contribution in [0.5, 0.6) is 0 Å². The van der Waals surface area contributed by atoms with Crippen molar-refractivity contribution in [3.05, 3.63) is 47.8 Å². The van der Waals surface area contributed by atoms with Gasteiger partial charge < -0.3 is 5.32 Å². The molecule has 1 atom stereocenters. The molecular formula is C13H12F3N3. The Hall–Kier alpha value is -1.82. The van der Waals surface area contributed by atoms with Crippen molar-refractivity contribution in [2.24, 2.45) is 0 Å². The molecule has 2 aromatic rings. The minimum Gasteiger partial charge on any atom is -0.309 e. The van der Waals surface area contributed by atoms with Crippen LogP contribution in [0.1, 0.15) is 24.6 Å². The summed E-state index contributed by atoms with van der Waals surface area (Å²) in [4.78, 5) is 3.98. The molecule has 0 radical (unpaired) electrons. The predicted octanol–water partition coefficient (Wildman–Crippen LogP) is 2.71. The lowest BCUT2D eigenvalue weighted by Gasteiger charge is -2.14. The van der Waals surface area contributed by atoms with E-state index in [1.165, 1.54) is 10.9 Å². The highest BCUT2D eigenvalue weighted by molar-refractivity contribution is 5.37. The van der Waals surface area contributed by atoms with Gasteiger partial charge in [-0.1, -0.05) is 0 Å². The van der Waals surface area contributed by atoms with Gasteiger partial charge in [0.05, 0.1) is 23.9 Å². The first-order chi connectivity index (χ1) is 9.16. The van der Waals surface area contributed by atoms with Crippen LogP contribution in [0.4, 0.5) is 13.2 Å². The molecule has 1 N–H and O–H groups in total. The van der Waals surface area contributed by atoms with Gasteiger partial charge in [0.1, 0.15) is 5.82 Å². The number of hydrogen-bond acceptors (Lipinski definition) is 2. The standard InChI is InChI=1S/C13H12F3N3/c14-8-4-10(16)12(5-9(8)15)19-7-17-6-13(19)11-2-1-3-18-11/h4-7,11,18H,1-3H2. The molecule has 1 aromatic carbocycles. The minimum atomic E-state index is -1.19. The Balaban J connectivity index is 2.07. The van der Waals surface area contributed by atoms with Gasteiger partial charge in [-0.2, -0.15) is 0 Å². The van der Waals surface area contributed by atoms with Gasteiger partial charge in [-0.15, -0.1) is 0 Å². The van der Waals surface area contributed by atoms with E-state index < -0.39 is 17.5 Å².